The Labute approximate surface area is 154 Å². The van der Waals surface area contributed by atoms with Gasteiger partial charge in [0.05, 0.1) is 4.88 Å². The van der Waals surface area contributed by atoms with E-state index in [0.717, 1.165) is 5.56 Å². The molecule has 26 heavy (non-hydrogen) atoms. The fraction of sp³-hybridized carbons (Fsp3) is 0. The third-order valence-corrected chi connectivity index (χ3v) is 4.30. The van der Waals surface area contributed by atoms with Gasteiger partial charge in [-0.2, -0.15) is 0 Å². The van der Waals surface area contributed by atoms with Crippen LogP contribution < -0.4 is 10.6 Å². The molecule has 1 heterocycles. The van der Waals surface area contributed by atoms with Crippen LogP contribution in [0.15, 0.2) is 72.1 Å². The first-order valence-corrected chi connectivity index (χ1v) is 8.68. The predicted octanol–water partition coefficient (Wildman–Crippen LogP) is 4.79. The second kappa shape index (κ2) is 8.22. The van der Waals surface area contributed by atoms with E-state index in [9.17, 15) is 14.0 Å². The molecule has 2 aromatic carbocycles. The van der Waals surface area contributed by atoms with Crippen LogP contribution in [0.1, 0.15) is 15.2 Å². The topological polar surface area (TPSA) is 58.2 Å². The number of carbonyl (C=O) groups is 2. The number of nitrogens with one attached hydrogen (secondary N) is 2. The number of hydrogen-bond donors (Lipinski definition) is 2. The minimum absolute atomic E-state index is 0.195. The molecule has 1 aromatic heterocycles. The molecule has 0 spiro atoms. The Kier molecular flexibility index (Phi) is 5.56. The van der Waals surface area contributed by atoms with Crippen LogP contribution in [0.5, 0.6) is 0 Å². The number of benzene rings is 2. The molecule has 0 aliphatic heterocycles. The fourth-order valence-corrected chi connectivity index (χ4v) is 2.82. The highest BCUT2D eigenvalue weighted by Crippen LogP contribution is 2.17. The van der Waals surface area contributed by atoms with Gasteiger partial charge in [-0.15, -0.1) is 11.3 Å². The second-order valence-corrected chi connectivity index (χ2v) is 6.33. The minimum Gasteiger partial charge on any atom is -0.322 e. The van der Waals surface area contributed by atoms with Gasteiger partial charge in [-0.1, -0.05) is 24.3 Å². The summed E-state index contributed by atoms with van der Waals surface area (Å²) in [5.74, 6) is -0.844. The van der Waals surface area contributed by atoms with Crippen molar-refractivity contribution in [2.75, 3.05) is 10.6 Å². The molecule has 0 saturated heterocycles. The van der Waals surface area contributed by atoms with Crippen molar-refractivity contribution in [3.05, 3.63) is 88.4 Å². The van der Waals surface area contributed by atoms with Crippen LogP contribution in [0.25, 0.3) is 6.08 Å². The molecule has 3 rings (SSSR count). The number of halogens is 1. The van der Waals surface area contributed by atoms with Crippen LogP contribution in [-0.2, 0) is 4.79 Å². The van der Waals surface area contributed by atoms with Gasteiger partial charge >= 0.3 is 0 Å². The monoisotopic (exact) mass is 366 g/mol. The lowest BCUT2D eigenvalue weighted by Gasteiger charge is -2.07. The van der Waals surface area contributed by atoms with Crippen LogP contribution in [0.2, 0.25) is 0 Å². The van der Waals surface area contributed by atoms with Gasteiger partial charge in [0.25, 0.3) is 5.91 Å². The minimum atomic E-state index is -0.326. The zero-order valence-corrected chi connectivity index (χ0v) is 14.4. The summed E-state index contributed by atoms with van der Waals surface area (Å²) in [7, 11) is 0. The third-order valence-electron chi connectivity index (χ3n) is 3.43. The maximum absolute atomic E-state index is 12.9. The molecule has 0 fully saturated rings. The molecule has 2 amide bonds. The summed E-state index contributed by atoms with van der Waals surface area (Å²) in [6.07, 6.45) is 2.96. The summed E-state index contributed by atoms with van der Waals surface area (Å²) < 4.78 is 12.9. The summed E-state index contributed by atoms with van der Waals surface area (Å²) in [4.78, 5) is 24.7. The van der Waals surface area contributed by atoms with Crippen molar-refractivity contribution in [1.29, 1.82) is 0 Å². The van der Waals surface area contributed by atoms with Crippen molar-refractivity contribution in [2.24, 2.45) is 0 Å². The van der Waals surface area contributed by atoms with Crippen LogP contribution in [-0.4, -0.2) is 11.8 Å². The summed E-state index contributed by atoms with van der Waals surface area (Å²) >= 11 is 1.36. The molecule has 0 aliphatic carbocycles. The number of hydrogen-bond acceptors (Lipinski definition) is 3. The first kappa shape index (κ1) is 17.6. The Balaban J connectivity index is 1.61. The van der Waals surface area contributed by atoms with Crippen molar-refractivity contribution in [1.82, 2.24) is 0 Å². The molecule has 3 aromatic rings. The molecule has 0 unspecified atom stereocenters. The van der Waals surface area contributed by atoms with E-state index in [1.54, 1.807) is 48.5 Å². The fourth-order valence-electron chi connectivity index (χ4n) is 2.20. The number of amides is 2. The lowest BCUT2D eigenvalue weighted by Crippen LogP contribution is -2.11. The standard InChI is InChI=1S/C20H15FN2O2S/c21-15-9-6-14(7-10-15)8-11-19(24)22-16-3-1-4-17(13-16)23-20(25)18-5-2-12-26-18/h1-13H,(H,22,24)(H,23,25)/b11-8+. The van der Waals surface area contributed by atoms with E-state index in [1.165, 1.54) is 29.5 Å². The molecule has 0 saturated carbocycles. The Bertz CT molecular complexity index is 935. The Morgan fingerprint density at radius 2 is 1.65 bits per heavy atom. The van der Waals surface area contributed by atoms with Gasteiger partial charge in [0.1, 0.15) is 5.82 Å². The van der Waals surface area contributed by atoms with Crippen LogP contribution in [0, 0.1) is 5.82 Å². The Hall–Kier alpha value is -3.25. The van der Waals surface area contributed by atoms with Gasteiger partial charge in [-0.05, 0) is 53.4 Å². The number of rotatable bonds is 5. The van der Waals surface area contributed by atoms with Crippen molar-refractivity contribution >= 4 is 40.6 Å². The highest BCUT2D eigenvalue weighted by Gasteiger charge is 2.07. The average molecular weight is 366 g/mol. The summed E-state index contributed by atoms with van der Waals surface area (Å²) in [5, 5.41) is 7.34. The maximum atomic E-state index is 12.9. The number of thiophene rings is 1. The molecule has 6 heteroatoms. The molecule has 4 nitrogen and oxygen atoms in total. The van der Waals surface area contributed by atoms with Crippen molar-refractivity contribution in [3.8, 4) is 0 Å². The van der Waals surface area contributed by atoms with Crippen molar-refractivity contribution in [3.63, 3.8) is 0 Å². The van der Waals surface area contributed by atoms with Crippen molar-refractivity contribution in [2.45, 2.75) is 0 Å². The zero-order chi connectivity index (χ0) is 18.4. The van der Waals surface area contributed by atoms with Gasteiger partial charge in [0.15, 0.2) is 0 Å². The van der Waals surface area contributed by atoms with Crippen LogP contribution >= 0.6 is 11.3 Å². The van der Waals surface area contributed by atoms with Gasteiger partial charge in [0, 0.05) is 17.5 Å². The van der Waals surface area contributed by atoms with E-state index < -0.39 is 0 Å². The SMILES string of the molecule is O=C(/C=C/c1ccc(F)cc1)Nc1cccc(NC(=O)c2cccs2)c1. The van der Waals surface area contributed by atoms with E-state index in [-0.39, 0.29) is 17.6 Å². The number of anilines is 2. The predicted molar refractivity (Wildman–Crippen MR) is 103 cm³/mol. The maximum Gasteiger partial charge on any atom is 0.265 e. The molecule has 0 bridgehead atoms. The first-order chi connectivity index (χ1) is 12.6. The van der Waals surface area contributed by atoms with Gasteiger partial charge < -0.3 is 10.6 Å². The lowest BCUT2D eigenvalue weighted by molar-refractivity contribution is -0.111. The van der Waals surface area contributed by atoms with Gasteiger partial charge in [-0.3, -0.25) is 9.59 Å². The highest BCUT2D eigenvalue weighted by atomic mass is 32.1. The van der Waals surface area contributed by atoms with Crippen LogP contribution in [0.3, 0.4) is 0 Å². The molecule has 0 radical (unpaired) electrons. The summed E-state index contributed by atoms with van der Waals surface area (Å²) in [5.41, 5.74) is 1.87. The largest absolute Gasteiger partial charge is 0.322 e. The van der Waals surface area contributed by atoms with E-state index in [0.29, 0.717) is 16.3 Å². The molecule has 130 valence electrons. The van der Waals surface area contributed by atoms with E-state index in [4.69, 9.17) is 0 Å². The smallest absolute Gasteiger partial charge is 0.265 e. The second-order valence-electron chi connectivity index (χ2n) is 5.39. The Morgan fingerprint density at radius 3 is 2.35 bits per heavy atom. The molecule has 0 atom stereocenters. The molecule has 2 N–H and O–H groups in total. The third kappa shape index (κ3) is 4.87. The highest BCUT2D eigenvalue weighted by molar-refractivity contribution is 7.12. The average Bonchev–Trinajstić information content (AvgIpc) is 3.16. The van der Waals surface area contributed by atoms with E-state index >= 15 is 0 Å². The quantitative estimate of drug-likeness (QED) is 0.638. The van der Waals surface area contributed by atoms with Crippen LogP contribution in [0.4, 0.5) is 15.8 Å². The first-order valence-electron chi connectivity index (χ1n) is 7.80. The van der Waals surface area contributed by atoms with Gasteiger partial charge in [-0.25, -0.2) is 4.39 Å². The van der Waals surface area contributed by atoms with Crippen molar-refractivity contribution < 1.29 is 14.0 Å². The van der Waals surface area contributed by atoms with E-state index in [2.05, 4.69) is 10.6 Å². The molecular formula is C20H15FN2O2S. The van der Waals surface area contributed by atoms with Gasteiger partial charge in [0.2, 0.25) is 5.91 Å². The van der Waals surface area contributed by atoms with E-state index in [1.807, 2.05) is 11.4 Å². The molecular weight excluding hydrogens is 351 g/mol. The number of carbonyl (C=O) groups excluding carboxylic acids is 2. The lowest BCUT2D eigenvalue weighted by atomic mass is 10.2. The zero-order valence-electron chi connectivity index (χ0n) is 13.6. The summed E-state index contributed by atoms with van der Waals surface area (Å²) in [6, 6.07) is 16.3. The Morgan fingerprint density at radius 1 is 0.923 bits per heavy atom. The normalized spacial score (nSPS) is 10.7. The molecule has 0 aliphatic rings. The summed E-state index contributed by atoms with van der Waals surface area (Å²) in [6.45, 7) is 0.